The molecule has 45 heavy (non-hydrogen) atoms. The summed E-state index contributed by atoms with van der Waals surface area (Å²) in [6.07, 6.45) is 5.88. The van der Waals surface area contributed by atoms with Gasteiger partial charge in [0.15, 0.2) is 0 Å². The molecular weight excluding hydrogens is 613 g/mol. The number of fused-ring (bicyclic) bond motifs is 5. The number of alkyl halides is 2. The number of nitrogens with zero attached hydrogens (tertiary/aromatic N) is 1. The number of benzene rings is 2. The van der Waals surface area contributed by atoms with E-state index < -0.39 is 18.0 Å². The Bertz CT molecular complexity index is 1360. The fourth-order valence-electron chi connectivity index (χ4n) is 8.72. The van der Waals surface area contributed by atoms with Crippen LogP contribution < -0.4 is 9.64 Å². The molecule has 1 N–H and O–H groups in total. The van der Waals surface area contributed by atoms with Gasteiger partial charge in [-0.05, 0) is 115 Å². The summed E-state index contributed by atoms with van der Waals surface area (Å²) in [5.41, 5.74) is 4.57. The van der Waals surface area contributed by atoms with Crippen LogP contribution in [0.15, 0.2) is 42.5 Å². The molecule has 7 nitrogen and oxygen atoms in total. The van der Waals surface area contributed by atoms with Gasteiger partial charge in [0.1, 0.15) is 5.75 Å². The van der Waals surface area contributed by atoms with Crippen molar-refractivity contribution in [3.8, 4) is 5.75 Å². The third kappa shape index (κ3) is 7.46. The molecule has 2 aromatic rings. The Morgan fingerprint density at radius 3 is 2.42 bits per heavy atom. The van der Waals surface area contributed by atoms with Crippen molar-refractivity contribution in [2.45, 2.75) is 83.7 Å². The van der Waals surface area contributed by atoms with Gasteiger partial charge >= 0.3 is 17.9 Å². The molecule has 9 heteroatoms. The molecule has 6 atom stereocenters. The normalized spacial score (nSPS) is 25.8. The minimum absolute atomic E-state index is 0.180. The van der Waals surface area contributed by atoms with Gasteiger partial charge in [0, 0.05) is 49.8 Å². The maximum atomic E-state index is 13.0. The smallest absolute Gasteiger partial charge is 0.345 e. The highest BCUT2D eigenvalue weighted by molar-refractivity contribution is 6.18. The van der Waals surface area contributed by atoms with Crippen LogP contribution in [0, 0.1) is 23.2 Å². The Morgan fingerprint density at radius 2 is 1.76 bits per heavy atom. The first-order chi connectivity index (χ1) is 21.6. The van der Waals surface area contributed by atoms with Crippen LogP contribution >= 0.6 is 23.2 Å². The number of anilines is 1. The summed E-state index contributed by atoms with van der Waals surface area (Å²) in [6, 6.07) is 14.2. The number of halogens is 2. The minimum atomic E-state index is -1.12. The Kier molecular flexibility index (Phi) is 11.0. The zero-order chi connectivity index (χ0) is 32.1. The van der Waals surface area contributed by atoms with E-state index in [1.807, 2.05) is 24.3 Å². The standard InChI is InChI=1S/C36H45Cl2NO6/c1-23(40)44-27-11-13-28-25(22-27)8-12-30-29(28)16-17-36(2)31(30)14-15-32(36)34(35(42)43)45-33(41)5-3-4-24-6-9-26(10-7-24)39(20-18-37)21-19-38/h6-7,9-11,13,22,29-32,34H,3-5,8,12,14-21H2,1-2H3,(H,42,43)/t29-,30-,31+,32-,34?,36+/m1/s1. The first-order valence-electron chi connectivity index (χ1n) is 16.3. The summed E-state index contributed by atoms with van der Waals surface area (Å²) >= 11 is 11.9. The number of hydrogen-bond acceptors (Lipinski definition) is 6. The first kappa shape index (κ1) is 33.6. The summed E-state index contributed by atoms with van der Waals surface area (Å²) in [6.45, 7) is 5.10. The molecule has 0 bridgehead atoms. The quantitative estimate of drug-likeness (QED) is 0.136. The molecule has 0 amide bonds. The second kappa shape index (κ2) is 14.8. The monoisotopic (exact) mass is 657 g/mol. The Balaban J connectivity index is 1.18. The number of carbonyl (C=O) groups excluding carboxylic acids is 2. The zero-order valence-corrected chi connectivity index (χ0v) is 27.8. The molecule has 244 valence electrons. The number of ether oxygens (including phenoxy) is 2. The van der Waals surface area contributed by atoms with E-state index in [1.165, 1.54) is 18.1 Å². The Labute approximate surface area is 276 Å². The molecule has 0 aromatic heterocycles. The van der Waals surface area contributed by atoms with E-state index in [-0.39, 0.29) is 23.7 Å². The van der Waals surface area contributed by atoms with Crippen molar-refractivity contribution in [2.75, 3.05) is 29.7 Å². The van der Waals surface area contributed by atoms with Crippen LogP contribution in [0.25, 0.3) is 0 Å². The number of carboxylic acid groups (broad SMARTS) is 1. The molecule has 2 fully saturated rings. The lowest BCUT2D eigenvalue weighted by Gasteiger charge is -2.51. The topological polar surface area (TPSA) is 93.1 Å². The number of rotatable bonds is 13. The largest absolute Gasteiger partial charge is 0.478 e. The summed E-state index contributed by atoms with van der Waals surface area (Å²) < 4.78 is 11.1. The average Bonchev–Trinajstić information content (AvgIpc) is 3.36. The van der Waals surface area contributed by atoms with Gasteiger partial charge in [0.05, 0.1) is 0 Å². The second-order valence-electron chi connectivity index (χ2n) is 13.2. The minimum Gasteiger partial charge on any atom is -0.478 e. The van der Waals surface area contributed by atoms with Gasteiger partial charge in [-0.3, -0.25) is 9.59 Å². The molecule has 0 aliphatic heterocycles. The van der Waals surface area contributed by atoms with Crippen LogP contribution in [0.1, 0.15) is 81.4 Å². The highest BCUT2D eigenvalue weighted by Crippen LogP contribution is 2.64. The third-order valence-corrected chi connectivity index (χ3v) is 11.1. The van der Waals surface area contributed by atoms with E-state index in [1.54, 1.807) is 0 Å². The Hall–Kier alpha value is -2.77. The number of aryl methyl sites for hydroxylation is 2. The van der Waals surface area contributed by atoms with Crippen molar-refractivity contribution in [2.24, 2.45) is 23.2 Å². The van der Waals surface area contributed by atoms with Crippen molar-refractivity contribution in [1.82, 2.24) is 0 Å². The summed E-state index contributed by atoms with van der Waals surface area (Å²) in [5.74, 6) is 0.910. The molecule has 0 heterocycles. The van der Waals surface area contributed by atoms with Crippen LogP contribution in [0.2, 0.25) is 0 Å². The van der Waals surface area contributed by atoms with E-state index >= 15 is 0 Å². The predicted molar refractivity (Wildman–Crippen MR) is 176 cm³/mol. The predicted octanol–water partition coefficient (Wildman–Crippen LogP) is 7.39. The van der Waals surface area contributed by atoms with Gasteiger partial charge in [-0.2, -0.15) is 0 Å². The molecule has 0 saturated heterocycles. The molecule has 2 saturated carbocycles. The van der Waals surface area contributed by atoms with Crippen LogP contribution in [-0.4, -0.2) is 54.0 Å². The third-order valence-electron chi connectivity index (χ3n) is 10.8. The molecule has 2 aromatic carbocycles. The molecule has 0 spiro atoms. The second-order valence-corrected chi connectivity index (χ2v) is 14.0. The summed E-state index contributed by atoms with van der Waals surface area (Å²) in [4.78, 5) is 39.1. The average molecular weight is 659 g/mol. The molecule has 3 aliphatic carbocycles. The number of esters is 2. The van der Waals surface area contributed by atoms with Crippen LogP contribution in [0.4, 0.5) is 5.69 Å². The fraction of sp³-hybridized carbons (Fsp3) is 0.583. The number of aliphatic carboxylic acids is 1. The zero-order valence-electron chi connectivity index (χ0n) is 26.3. The number of carbonyl (C=O) groups is 3. The lowest BCUT2D eigenvalue weighted by Crippen LogP contribution is -2.47. The highest BCUT2D eigenvalue weighted by Gasteiger charge is 2.58. The number of carboxylic acids is 1. The van der Waals surface area contributed by atoms with Crippen molar-refractivity contribution in [3.63, 3.8) is 0 Å². The molecule has 1 unspecified atom stereocenters. The molecular formula is C36H45Cl2NO6. The van der Waals surface area contributed by atoms with Gasteiger partial charge in [-0.15, -0.1) is 23.2 Å². The summed E-state index contributed by atoms with van der Waals surface area (Å²) in [7, 11) is 0. The summed E-state index contributed by atoms with van der Waals surface area (Å²) in [5, 5.41) is 10.3. The first-order valence-corrected chi connectivity index (χ1v) is 17.4. The highest BCUT2D eigenvalue weighted by atomic mass is 35.5. The Morgan fingerprint density at radius 1 is 1.02 bits per heavy atom. The van der Waals surface area contributed by atoms with Crippen LogP contribution in [0.5, 0.6) is 5.75 Å². The fourth-order valence-corrected chi connectivity index (χ4v) is 9.12. The molecule has 5 rings (SSSR count). The van der Waals surface area contributed by atoms with Gasteiger partial charge < -0.3 is 19.5 Å². The maximum absolute atomic E-state index is 13.0. The van der Waals surface area contributed by atoms with Gasteiger partial charge in [0.2, 0.25) is 6.10 Å². The molecule has 0 radical (unpaired) electrons. The van der Waals surface area contributed by atoms with Crippen molar-refractivity contribution in [1.29, 1.82) is 0 Å². The lowest BCUT2D eigenvalue weighted by atomic mass is 9.53. The van der Waals surface area contributed by atoms with Gasteiger partial charge in [-0.25, -0.2) is 4.79 Å². The molecule has 3 aliphatic rings. The van der Waals surface area contributed by atoms with E-state index in [9.17, 15) is 19.5 Å². The van der Waals surface area contributed by atoms with E-state index in [4.69, 9.17) is 32.7 Å². The van der Waals surface area contributed by atoms with Crippen LogP contribution in [-0.2, 0) is 32.0 Å². The lowest BCUT2D eigenvalue weighted by molar-refractivity contribution is -0.172. The van der Waals surface area contributed by atoms with E-state index in [0.717, 1.165) is 62.9 Å². The van der Waals surface area contributed by atoms with Gasteiger partial charge in [-0.1, -0.05) is 25.1 Å². The van der Waals surface area contributed by atoms with Crippen molar-refractivity contribution < 1.29 is 29.0 Å². The number of hydrogen-bond donors (Lipinski definition) is 1. The maximum Gasteiger partial charge on any atom is 0.345 e. The van der Waals surface area contributed by atoms with Crippen LogP contribution in [0.3, 0.4) is 0 Å². The van der Waals surface area contributed by atoms with Crippen molar-refractivity contribution >= 4 is 46.8 Å². The van der Waals surface area contributed by atoms with E-state index in [0.29, 0.717) is 48.1 Å². The van der Waals surface area contributed by atoms with Gasteiger partial charge in [0.25, 0.3) is 0 Å². The van der Waals surface area contributed by atoms with Crippen molar-refractivity contribution in [3.05, 3.63) is 59.2 Å². The SMILES string of the molecule is CC(=O)Oc1ccc2c(c1)CC[C@@H]1[C@@H]2CC[C@]2(C)[C@@H](C(OC(=O)CCCc3ccc(N(CCCl)CCCl)cc3)C(=O)O)CC[C@@H]12. The van der Waals surface area contributed by atoms with E-state index in [2.05, 4.69) is 30.0 Å².